The van der Waals surface area contributed by atoms with Crippen molar-refractivity contribution in [3.63, 3.8) is 0 Å². The zero-order chi connectivity index (χ0) is 22.8. The summed E-state index contributed by atoms with van der Waals surface area (Å²) in [4.78, 5) is 26.7. The summed E-state index contributed by atoms with van der Waals surface area (Å²) in [6.45, 7) is 2.48. The smallest absolute Gasteiger partial charge is 0.251 e. The van der Waals surface area contributed by atoms with Crippen LogP contribution in [0.4, 0.5) is 17.1 Å². The number of carbonyl (C=O) groups is 2. The van der Waals surface area contributed by atoms with Crippen molar-refractivity contribution in [2.24, 2.45) is 7.05 Å². The number of aromatic nitrogens is 1. The van der Waals surface area contributed by atoms with Gasteiger partial charge in [-0.2, -0.15) is 0 Å². The lowest BCUT2D eigenvalue weighted by atomic mass is 9.95. The highest BCUT2D eigenvalue weighted by Crippen LogP contribution is 2.44. The molecule has 166 valence electrons. The zero-order valence-electron chi connectivity index (χ0n) is 18.3. The van der Waals surface area contributed by atoms with E-state index in [1.165, 1.54) is 0 Å². The van der Waals surface area contributed by atoms with E-state index in [2.05, 4.69) is 5.32 Å². The Bertz CT molecular complexity index is 1210. The number of nitrogens with two attached hydrogens (primary N) is 1. The van der Waals surface area contributed by atoms with Crippen LogP contribution in [0.3, 0.4) is 0 Å². The van der Waals surface area contributed by atoms with E-state index < -0.39 is 0 Å². The van der Waals surface area contributed by atoms with Gasteiger partial charge in [0.2, 0.25) is 5.91 Å². The van der Waals surface area contributed by atoms with Gasteiger partial charge >= 0.3 is 0 Å². The van der Waals surface area contributed by atoms with Gasteiger partial charge in [-0.1, -0.05) is 31.2 Å². The lowest BCUT2D eigenvalue weighted by molar-refractivity contribution is -0.116. The first-order valence-corrected chi connectivity index (χ1v) is 11.3. The number of rotatable bonds is 6. The molecule has 1 aromatic heterocycles. The van der Waals surface area contributed by atoms with Gasteiger partial charge in [0.1, 0.15) is 0 Å². The fourth-order valence-electron chi connectivity index (χ4n) is 4.32. The Morgan fingerprint density at radius 1 is 1.25 bits per heavy atom. The van der Waals surface area contributed by atoms with Gasteiger partial charge in [-0.15, -0.1) is 11.6 Å². The summed E-state index contributed by atoms with van der Waals surface area (Å²) in [5, 5.41) is 4.90. The second-order valence-corrected chi connectivity index (χ2v) is 8.45. The normalized spacial score (nSPS) is 15.5. The van der Waals surface area contributed by atoms with Crippen LogP contribution in [0, 0.1) is 0 Å². The number of nitrogen functional groups attached to an aromatic ring is 1. The van der Waals surface area contributed by atoms with Crippen LogP contribution >= 0.6 is 11.6 Å². The molecule has 32 heavy (non-hydrogen) atoms. The quantitative estimate of drug-likeness (QED) is 0.319. The molecule has 7 heteroatoms. The number of nitrogens with one attached hydrogen (secondary N) is 1. The summed E-state index contributed by atoms with van der Waals surface area (Å²) in [5.41, 5.74) is 10.4. The van der Waals surface area contributed by atoms with Gasteiger partial charge in [0, 0.05) is 60.9 Å². The molecular weight excluding hydrogens is 424 g/mol. The van der Waals surface area contributed by atoms with Gasteiger partial charge in [0.15, 0.2) is 0 Å². The van der Waals surface area contributed by atoms with E-state index in [1.54, 1.807) is 17.1 Å². The van der Waals surface area contributed by atoms with Crippen LogP contribution in [0.2, 0.25) is 0 Å². The maximum atomic E-state index is 13.1. The maximum absolute atomic E-state index is 13.1. The van der Waals surface area contributed by atoms with Gasteiger partial charge in [-0.25, -0.2) is 0 Å². The van der Waals surface area contributed by atoms with E-state index in [4.69, 9.17) is 17.3 Å². The lowest BCUT2D eigenvalue weighted by Gasteiger charge is -2.16. The van der Waals surface area contributed by atoms with Crippen LogP contribution < -0.4 is 16.0 Å². The molecule has 1 unspecified atom stereocenters. The number of hydrogen-bond donors (Lipinski definition) is 2. The first-order valence-electron chi connectivity index (χ1n) is 10.8. The molecule has 1 aliphatic rings. The summed E-state index contributed by atoms with van der Waals surface area (Å²) in [7, 11) is 1.88. The molecule has 0 spiro atoms. The molecule has 2 amide bonds. The fraction of sp³-hybridized carbons (Fsp3) is 0.280. The molecule has 0 aliphatic carbocycles. The molecule has 1 atom stereocenters. The monoisotopic (exact) mass is 450 g/mol. The maximum Gasteiger partial charge on any atom is 0.251 e. The average Bonchev–Trinajstić information content (AvgIpc) is 3.32. The Balaban J connectivity index is 1.60. The SMILES string of the molecule is CCCC(=O)Nc1cc(/C=C/C(=O)N2CC(CCl)c3c2cc(N)c2ccccc32)n(C)c1. The van der Waals surface area contributed by atoms with Gasteiger partial charge in [0.05, 0.1) is 11.4 Å². The van der Waals surface area contributed by atoms with Crippen molar-refractivity contribution in [1.29, 1.82) is 0 Å². The summed E-state index contributed by atoms with van der Waals surface area (Å²) >= 11 is 6.28. The Labute approximate surface area is 192 Å². The second kappa shape index (κ2) is 9.09. The summed E-state index contributed by atoms with van der Waals surface area (Å²) in [6.07, 6.45) is 6.42. The van der Waals surface area contributed by atoms with E-state index in [1.807, 2.05) is 61.1 Å². The van der Waals surface area contributed by atoms with Crippen LogP contribution in [0.25, 0.3) is 16.8 Å². The number of anilines is 3. The fourth-order valence-corrected chi connectivity index (χ4v) is 4.57. The van der Waals surface area contributed by atoms with Crippen molar-refractivity contribution in [3.8, 4) is 0 Å². The Hall–Kier alpha value is -3.25. The largest absolute Gasteiger partial charge is 0.398 e. The predicted octanol–water partition coefficient (Wildman–Crippen LogP) is 4.88. The molecule has 3 N–H and O–H groups in total. The molecule has 0 bridgehead atoms. The standard InChI is InChI=1S/C25H27ClN4O2/c1-3-6-23(31)28-17-11-18(29(2)15-17)9-10-24(32)30-14-16(13-26)25-20-8-5-4-7-19(20)21(27)12-22(25)30/h4-5,7-12,15-16H,3,6,13-14,27H2,1-2H3,(H,28,31)/b10-9+. The Morgan fingerprint density at radius 3 is 2.72 bits per heavy atom. The predicted molar refractivity (Wildman–Crippen MR) is 132 cm³/mol. The number of amides is 2. The highest BCUT2D eigenvalue weighted by molar-refractivity contribution is 6.19. The molecule has 0 saturated heterocycles. The van der Waals surface area contributed by atoms with Crippen molar-refractivity contribution >= 4 is 57.3 Å². The highest BCUT2D eigenvalue weighted by Gasteiger charge is 2.33. The molecule has 0 radical (unpaired) electrons. The van der Waals surface area contributed by atoms with E-state index in [0.717, 1.165) is 34.1 Å². The van der Waals surface area contributed by atoms with Crippen LogP contribution in [0.1, 0.15) is 36.9 Å². The third-order valence-corrected chi connectivity index (χ3v) is 6.22. The van der Waals surface area contributed by atoms with Gasteiger partial charge < -0.3 is 20.5 Å². The second-order valence-electron chi connectivity index (χ2n) is 8.14. The van der Waals surface area contributed by atoms with Crippen LogP contribution in [0.15, 0.2) is 48.7 Å². The number of hydrogen-bond acceptors (Lipinski definition) is 3. The molecule has 2 heterocycles. The average molecular weight is 451 g/mol. The van der Waals surface area contributed by atoms with Gasteiger partial charge in [-0.3, -0.25) is 9.59 Å². The minimum absolute atomic E-state index is 0.0182. The van der Waals surface area contributed by atoms with Crippen molar-refractivity contribution in [2.45, 2.75) is 25.7 Å². The minimum Gasteiger partial charge on any atom is -0.398 e. The first-order chi connectivity index (χ1) is 15.4. The summed E-state index contributed by atoms with van der Waals surface area (Å²) < 4.78 is 1.87. The third kappa shape index (κ3) is 4.10. The zero-order valence-corrected chi connectivity index (χ0v) is 19.0. The molecule has 0 fully saturated rings. The molecule has 4 rings (SSSR count). The van der Waals surface area contributed by atoms with E-state index in [9.17, 15) is 9.59 Å². The number of carbonyl (C=O) groups excluding carboxylic acids is 2. The van der Waals surface area contributed by atoms with Crippen molar-refractivity contribution < 1.29 is 9.59 Å². The van der Waals surface area contributed by atoms with Crippen molar-refractivity contribution in [3.05, 3.63) is 59.9 Å². The topological polar surface area (TPSA) is 80.4 Å². The number of nitrogens with zero attached hydrogens (tertiary/aromatic N) is 2. The molecule has 6 nitrogen and oxygen atoms in total. The van der Waals surface area contributed by atoms with Gasteiger partial charge in [0.25, 0.3) is 5.91 Å². The Kier molecular flexibility index (Phi) is 6.24. The first kappa shape index (κ1) is 22.0. The van der Waals surface area contributed by atoms with E-state index >= 15 is 0 Å². The van der Waals surface area contributed by atoms with Crippen LogP contribution in [0.5, 0.6) is 0 Å². The molecule has 2 aromatic carbocycles. The van der Waals surface area contributed by atoms with Gasteiger partial charge in [-0.05, 0) is 35.6 Å². The molecule has 3 aromatic rings. The van der Waals surface area contributed by atoms with Crippen molar-refractivity contribution in [1.82, 2.24) is 4.57 Å². The van der Waals surface area contributed by atoms with E-state index in [0.29, 0.717) is 30.2 Å². The van der Waals surface area contributed by atoms with Crippen LogP contribution in [-0.2, 0) is 16.6 Å². The minimum atomic E-state index is -0.133. The number of fused-ring (bicyclic) bond motifs is 3. The number of aryl methyl sites for hydroxylation is 1. The van der Waals surface area contributed by atoms with Crippen LogP contribution in [-0.4, -0.2) is 28.8 Å². The summed E-state index contributed by atoms with van der Waals surface area (Å²) in [5.74, 6) is 0.319. The van der Waals surface area contributed by atoms with E-state index in [-0.39, 0.29) is 17.7 Å². The number of halogens is 1. The Morgan fingerprint density at radius 2 is 2.00 bits per heavy atom. The number of benzene rings is 2. The molecular formula is C25H27ClN4O2. The lowest BCUT2D eigenvalue weighted by Crippen LogP contribution is -2.28. The van der Waals surface area contributed by atoms with Crippen molar-refractivity contribution in [2.75, 3.05) is 28.4 Å². The molecule has 1 aliphatic heterocycles. The summed E-state index contributed by atoms with van der Waals surface area (Å²) in [6, 6.07) is 11.7. The highest BCUT2D eigenvalue weighted by atomic mass is 35.5. The third-order valence-electron chi connectivity index (χ3n) is 5.85. The molecule has 0 saturated carbocycles. The number of alkyl halides is 1.